The number of nitrogens with one attached hydrogen (secondary N) is 1. The molecule has 1 heterocycles. The van der Waals surface area contributed by atoms with Gasteiger partial charge in [-0.05, 0) is 12.1 Å². The van der Waals surface area contributed by atoms with E-state index >= 15 is 0 Å². The van der Waals surface area contributed by atoms with E-state index in [0.717, 1.165) is 16.2 Å². The number of carbonyl (C=O) groups is 1. The predicted octanol–water partition coefficient (Wildman–Crippen LogP) is 2.09. The van der Waals surface area contributed by atoms with Crippen molar-refractivity contribution in [2.45, 2.75) is 5.16 Å². The first-order chi connectivity index (χ1) is 9.04. The predicted molar refractivity (Wildman–Crippen MR) is 78.5 cm³/mol. The molecular formula is C12H10BrN3O2S. The summed E-state index contributed by atoms with van der Waals surface area (Å²) in [6, 6.07) is 8.28. The van der Waals surface area contributed by atoms with Gasteiger partial charge in [-0.2, -0.15) is 0 Å². The van der Waals surface area contributed by atoms with Gasteiger partial charge in [-0.25, -0.2) is 4.98 Å². The van der Waals surface area contributed by atoms with Crippen LogP contribution in [0, 0.1) is 0 Å². The smallest absolute Gasteiger partial charge is 0.253 e. The zero-order valence-corrected chi connectivity index (χ0v) is 12.1. The quantitative estimate of drug-likeness (QED) is 0.505. The highest BCUT2D eigenvalue weighted by Gasteiger charge is 2.08. The highest BCUT2D eigenvalue weighted by Crippen LogP contribution is 2.16. The maximum atomic E-state index is 11.9. The Kier molecular flexibility index (Phi) is 4.39. The lowest BCUT2D eigenvalue weighted by Gasteiger charge is -2.02. The van der Waals surface area contributed by atoms with Gasteiger partial charge in [0, 0.05) is 16.1 Å². The summed E-state index contributed by atoms with van der Waals surface area (Å²) in [5.74, 6) is 0.290. The van der Waals surface area contributed by atoms with Crippen LogP contribution >= 0.6 is 27.7 Å². The third kappa shape index (κ3) is 3.93. The summed E-state index contributed by atoms with van der Waals surface area (Å²) in [6.07, 6.45) is 0. The molecule has 19 heavy (non-hydrogen) atoms. The number of anilines is 1. The number of H-pyrrole nitrogens is 1. The first kappa shape index (κ1) is 13.8. The number of aromatic nitrogens is 2. The molecule has 2 rings (SSSR count). The number of nitrogens with zero attached hydrogens (tertiary/aromatic N) is 1. The molecule has 0 atom stereocenters. The molecule has 0 aliphatic carbocycles. The van der Waals surface area contributed by atoms with Gasteiger partial charge in [0.05, 0.1) is 5.75 Å². The number of carbonyl (C=O) groups excluding carboxylic acids is 1. The molecule has 0 aliphatic rings. The number of aromatic amines is 1. The molecule has 7 heteroatoms. The maximum absolute atomic E-state index is 11.9. The van der Waals surface area contributed by atoms with Crippen molar-refractivity contribution in [1.29, 1.82) is 0 Å². The number of benzene rings is 1. The third-order valence-electron chi connectivity index (χ3n) is 2.25. The number of nitrogen functional groups attached to an aromatic ring is 1. The first-order valence-electron chi connectivity index (χ1n) is 5.33. The zero-order chi connectivity index (χ0) is 13.8. The average Bonchev–Trinajstić information content (AvgIpc) is 2.36. The average molecular weight is 340 g/mol. The molecule has 0 amide bonds. The van der Waals surface area contributed by atoms with Gasteiger partial charge >= 0.3 is 0 Å². The minimum atomic E-state index is -0.328. The second kappa shape index (κ2) is 6.03. The second-order valence-electron chi connectivity index (χ2n) is 3.69. The van der Waals surface area contributed by atoms with Crippen molar-refractivity contribution in [3.05, 3.63) is 50.7 Å². The minimum absolute atomic E-state index is 0.0393. The van der Waals surface area contributed by atoms with Gasteiger partial charge in [-0.1, -0.05) is 39.8 Å². The fourth-order valence-corrected chi connectivity index (χ4v) is 2.42. The van der Waals surface area contributed by atoms with Crippen LogP contribution in [0.2, 0.25) is 0 Å². The molecule has 0 aliphatic heterocycles. The van der Waals surface area contributed by atoms with Gasteiger partial charge in [0.15, 0.2) is 10.9 Å². The summed E-state index contributed by atoms with van der Waals surface area (Å²) in [4.78, 5) is 29.6. The topological polar surface area (TPSA) is 88.8 Å². The summed E-state index contributed by atoms with van der Waals surface area (Å²) < 4.78 is 0.915. The number of hydrogen-bond donors (Lipinski definition) is 2. The Morgan fingerprint density at radius 3 is 2.68 bits per heavy atom. The van der Waals surface area contributed by atoms with Gasteiger partial charge in [0.1, 0.15) is 5.82 Å². The number of hydrogen-bond acceptors (Lipinski definition) is 5. The summed E-state index contributed by atoms with van der Waals surface area (Å²) in [7, 11) is 0. The van der Waals surface area contributed by atoms with Gasteiger partial charge < -0.3 is 10.7 Å². The fourth-order valence-electron chi connectivity index (χ4n) is 1.37. The molecule has 0 bridgehead atoms. The number of rotatable bonds is 4. The zero-order valence-electron chi connectivity index (χ0n) is 9.72. The largest absolute Gasteiger partial charge is 0.383 e. The molecule has 0 spiro atoms. The monoisotopic (exact) mass is 339 g/mol. The SMILES string of the molecule is Nc1cc(=O)[nH]c(SCC(=O)c2ccc(Br)cc2)n1. The van der Waals surface area contributed by atoms with Crippen LogP contribution in [0.15, 0.2) is 44.8 Å². The van der Waals surface area contributed by atoms with Gasteiger partial charge in [0.25, 0.3) is 5.56 Å². The Morgan fingerprint density at radius 2 is 2.05 bits per heavy atom. The van der Waals surface area contributed by atoms with Crippen LogP contribution < -0.4 is 11.3 Å². The van der Waals surface area contributed by atoms with E-state index in [1.807, 2.05) is 0 Å². The van der Waals surface area contributed by atoms with Crippen LogP contribution in [0.4, 0.5) is 5.82 Å². The highest BCUT2D eigenvalue weighted by molar-refractivity contribution is 9.10. The Bertz CT molecular complexity index is 655. The maximum Gasteiger partial charge on any atom is 0.253 e. The molecule has 98 valence electrons. The molecule has 0 radical (unpaired) electrons. The third-order valence-corrected chi connectivity index (χ3v) is 3.65. The lowest BCUT2D eigenvalue weighted by Crippen LogP contribution is -2.10. The molecule has 0 fully saturated rings. The molecule has 5 nitrogen and oxygen atoms in total. The van der Waals surface area contributed by atoms with Gasteiger partial charge in [-0.3, -0.25) is 9.59 Å². The van der Waals surface area contributed by atoms with Crippen molar-refractivity contribution in [2.75, 3.05) is 11.5 Å². The first-order valence-corrected chi connectivity index (χ1v) is 7.11. The van der Waals surface area contributed by atoms with Crippen molar-refractivity contribution in [2.24, 2.45) is 0 Å². The van der Waals surface area contributed by atoms with E-state index < -0.39 is 0 Å². The molecule has 1 aromatic carbocycles. The molecule has 2 aromatic rings. The van der Waals surface area contributed by atoms with Gasteiger partial charge in [0.2, 0.25) is 0 Å². The Labute approximate surface area is 121 Å². The lowest BCUT2D eigenvalue weighted by atomic mass is 10.2. The lowest BCUT2D eigenvalue weighted by molar-refractivity contribution is 0.102. The van der Waals surface area contributed by atoms with Crippen molar-refractivity contribution < 1.29 is 4.79 Å². The van der Waals surface area contributed by atoms with Crippen LogP contribution in [-0.2, 0) is 0 Å². The van der Waals surface area contributed by atoms with E-state index in [4.69, 9.17) is 5.73 Å². The van der Waals surface area contributed by atoms with E-state index in [1.165, 1.54) is 6.07 Å². The van der Waals surface area contributed by atoms with E-state index in [-0.39, 0.29) is 22.9 Å². The molecular weight excluding hydrogens is 330 g/mol. The minimum Gasteiger partial charge on any atom is -0.383 e. The van der Waals surface area contributed by atoms with Crippen LogP contribution in [0.5, 0.6) is 0 Å². The normalized spacial score (nSPS) is 10.4. The van der Waals surface area contributed by atoms with E-state index in [1.54, 1.807) is 24.3 Å². The van der Waals surface area contributed by atoms with E-state index in [2.05, 4.69) is 25.9 Å². The Morgan fingerprint density at radius 1 is 1.37 bits per heavy atom. The van der Waals surface area contributed by atoms with Crippen molar-refractivity contribution in [3.8, 4) is 0 Å². The number of ketones is 1. The Hall–Kier alpha value is -1.60. The number of Topliss-reactive ketones (excluding diaryl/α,β-unsaturated/α-hetero) is 1. The van der Waals surface area contributed by atoms with Crippen molar-refractivity contribution in [1.82, 2.24) is 9.97 Å². The summed E-state index contributed by atoms with van der Waals surface area (Å²) >= 11 is 4.45. The summed E-state index contributed by atoms with van der Waals surface area (Å²) in [5, 5.41) is 0.343. The summed E-state index contributed by atoms with van der Waals surface area (Å²) in [6.45, 7) is 0. The number of thioether (sulfide) groups is 1. The molecule has 0 saturated heterocycles. The van der Waals surface area contributed by atoms with Gasteiger partial charge in [-0.15, -0.1) is 0 Å². The van der Waals surface area contributed by atoms with E-state index in [9.17, 15) is 9.59 Å². The number of nitrogens with two attached hydrogens (primary N) is 1. The summed E-state index contributed by atoms with van der Waals surface area (Å²) in [5.41, 5.74) is 5.74. The van der Waals surface area contributed by atoms with Crippen LogP contribution in [0.3, 0.4) is 0 Å². The molecule has 0 unspecified atom stereocenters. The molecule has 0 saturated carbocycles. The highest BCUT2D eigenvalue weighted by atomic mass is 79.9. The van der Waals surface area contributed by atoms with Crippen molar-refractivity contribution in [3.63, 3.8) is 0 Å². The molecule has 3 N–H and O–H groups in total. The fraction of sp³-hybridized carbons (Fsp3) is 0.0833. The number of halogens is 1. The van der Waals surface area contributed by atoms with Crippen molar-refractivity contribution >= 4 is 39.3 Å². The van der Waals surface area contributed by atoms with Crippen LogP contribution in [-0.4, -0.2) is 21.5 Å². The second-order valence-corrected chi connectivity index (χ2v) is 5.57. The van der Waals surface area contributed by atoms with Crippen LogP contribution in [0.25, 0.3) is 0 Å². The molecule has 1 aromatic heterocycles. The van der Waals surface area contributed by atoms with Crippen LogP contribution in [0.1, 0.15) is 10.4 Å². The standard InChI is InChI=1S/C12H10BrN3O2S/c13-8-3-1-7(2-4-8)9(17)6-19-12-15-10(14)5-11(18)16-12/h1-5H,6H2,(H3,14,15,16,18). The van der Waals surface area contributed by atoms with E-state index in [0.29, 0.717) is 10.7 Å². The Balaban J connectivity index is 2.04.